The highest BCUT2D eigenvalue weighted by atomic mass is 35.5. The first-order valence-electron chi connectivity index (χ1n) is 9.39. The average Bonchev–Trinajstić information content (AvgIpc) is 3.09. The van der Waals surface area contributed by atoms with Crippen LogP contribution in [-0.2, 0) is 22.7 Å². The number of hydrogen-bond acceptors (Lipinski definition) is 4. The van der Waals surface area contributed by atoms with Crippen LogP contribution in [0.2, 0.25) is 5.02 Å². The number of halogens is 1. The van der Waals surface area contributed by atoms with Crippen LogP contribution >= 0.6 is 11.6 Å². The summed E-state index contributed by atoms with van der Waals surface area (Å²) in [7, 11) is 1.64. The van der Waals surface area contributed by atoms with Crippen molar-refractivity contribution in [3.63, 3.8) is 0 Å². The molecule has 0 bridgehead atoms. The summed E-state index contributed by atoms with van der Waals surface area (Å²) in [4.78, 5) is 11.7. The van der Waals surface area contributed by atoms with Crippen molar-refractivity contribution in [3.05, 3.63) is 70.9 Å². The lowest BCUT2D eigenvalue weighted by Gasteiger charge is -2.21. The van der Waals surface area contributed by atoms with Gasteiger partial charge in [0.2, 0.25) is 0 Å². The third-order valence-corrected chi connectivity index (χ3v) is 5.08. The summed E-state index contributed by atoms with van der Waals surface area (Å²) >= 11 is 6.14. The Kier molecular flexibility index (Phi) is 6.40. The average molecular weight is 413 g/mol. The molecule has 0 radical (unpaired) electrons. The topological polar surface area (TPSA) is 53.4 Å². The zero-order chi connectivity index (χ0) is 21.0. The molecule has 1 heterocycles. The molecular weight excluding hydrogens is 388 g/mol. The lowest BCUT2D eigenvalue weighted by Crippen LogP contribution is -2.32. The minimum Gasteiger partial charge on any atom is -0.497 e. The van der Waals surface area contributed by atoms with Gasteiger partial charge >= 0.3 is 0 Å². The van der Waals surface area contributed by atoms with Crippen LogP contribution < -0.4 is 4.74 Å². The molecule has 0 amide bonds. The summed E-state index contributed by atoms with van der Waals surface area (Å²) in [6, 6.07) is 17.5. The van der Waals surface area contributed by atoms with Gasteiger partial charge in [0, 0.05) is 10.6 Å². The first kappa shape index (κ1) is 21.1. The minimum atomic E-state index is -0.854. The van der Waals surface area contributed by atoms with E-state index in [-0.39, 0.29) is 12.4 Å². The number of Topliss-reactive ketones (excluding diaryl/α,β-unsaturated/α-hetero) is 1. The molecule has 0 spiro atoms. The molecule has 3 aromatic rings. The second kappa shape index (κ2) is 8.80. The SMILES string of the molecule is COc1cccc(-c2cc(COC(C)(C)C(C)=O)nn2Cc2cccc(Cl)c2)c1. The van der Waals surface area contributed by atoms with E-state index in [1.54, 1.807) is 21.0 Å². The Morgan fingerprint density at radius 2 is 1.90 bits per heavy atom. The van der Waals surface area contributed by atoms with Gasteiger partial charge < -0.3 is 9.47 Å². The Labute approximate surface area is 176 Å². The molecule has 3 rings (SSSR count). The van der Waals surface area contributed by atoms with Crippen LogP contribution in [0.25, 0.3) is 11.3 Å². The number of nitrogens with zero attached hydrogens (tertiary/aromatic N) is 2. The van der Waals surface area contributed by atoms with Crippen molar-refractivity contribution in [1.82, 2.24) is 9.78 Å². The summed E-state index contributed by atoms with van der Waals surface area (Å²) in [6.45, 7) is 5.86. The normalized spacial score (nSPS) is 11.5. The van der Waals surface area contributed by atoms with Gasteiger partial charge in [0.1, 0.15) is 11.4 Å². The number of carbonyl (C=O) groups is 1. The first-order chi connectivity index (χ1) is 13.8. The molecule has 0 aliphatic heterocycles. The van der Waals surface area contributed by atoms with Gasteiger partial charge in [0.05, 0.1) is 31.6 Å². The third kappa shape index (κ3) is 5.25. The number of methoxy groups -OCH3 is 1. The Morgan fingerprint density at radius 3 is 2.59 bits per heavy atom. The fourth-order valence-corrected chi connectivity index (χ4v) is 3.05. The minimum absolute atomic E-state index is 0.0242. The smallest absolute Gasteiger partial charge is 0.161 e. The maximum absolute atomic E-state index is 11.7. The van der Waals surface area contributed by atoms with Crippen LogP contribution in [0.4, 0.5) is 0 Å². The van der Waals surface area contributed by atoms with E-state index in [1.807, 2.05) is 59.3 Å². The van der Waals surface area contributed by atoms with E-state index in [9.17, 15) is 4.79 Å². The third-order valence-electron chi connectivity index (χ3n) is 4.85. The number of aromatic nitrogens is 2. The van der Waals surface area contributed by atoms with E-state index in [1.165, 1.54) is 6.92 Å². The van der Waals surface area contributed by atoms with Gasteiger partial charge in [-0.3, -0.25) is 9.48 Å². The second-order valence-corrected chi connectivity index (χ2v) is 7.83. The van der Waals surface area contributed by atoms with Gasteiger partial charge in [-0.15, -0.1) is 0 Å². The highest BCUT2D eigenvalue weighted by Crippen LogP contribution is 2.26. The van der Waals surface area contributed by atoms with Crippen molar-refractivity contribution in [2.24, 2.45) is 0 Å². The standard InChI is InChI=1S/C23H25ClN2O3/c1-16(27)23(2,3)29-15-20-13-22(18-8-6-10-21(12-18)28-4)26(25-20)14-17-7-5-9-19(24)11-17/h5-13H,14-15H2,1-4H3. The highest BCUT2D eigenvalue weighted by molar-refractivity contribution is 6.30. The Balaban J connectivity index is 1.95. The molecule has 5 nitrogen and oxygen atoms in total. The van der Waals surface area contributed by atoms with E-state index in [0.29, 0.717) is 11.6 Å². The van der Waals surface area contributed by atoms with Crippen LogP contribution in [0.1, 0.15) is 32.0 Å². The molecule has 1 aromatic heterocycles. The van der Waals surface area contributed by atoms with Crippen molar-refractivity contribution >= 4 is 17.4 Å². The molecule has 152 valence electrons. The number of ether oxygens (including phenoxy) is 2. The summed E-state index contributed by atoms with van der Waals surface area (Å²) < 4.78 is 13.1. The number of benzene rings is 2. The number of ketones is 1. The fraction of sp³-hybridized carbons (Fsp3) is 0.304. The molecule has 0 saturated heterocycles. The van der Waals surface area contributed by atoms with E-state index in [2.05, 4.69) is 0 Å². The molecule has 2 aromatic carbocycles. The van der Waals surface area contributed by atoms with Crippen molar-refractivity contribution in [3.8, 4) is 17.0 Å². The number of rotatable bonds is 8. The van der Waals surface area contributed by atoms with Crippen LogP contribution in [0.5, 0.6) is 5.75 Å². The zero-order valence-corrected chi connectivity index (χ0v) is 17.9. The lowest BCUT2D eigenvalue weighted by atomic mass is 10.1. The van der Waals surface area contributed by atoms with Crippen LogP contribution in [-0.4, -0.2) is 28.3 Å². The van der Waals surface area contributed by atoms with Crippen molar-refractivity contribution < 1.29 is 14.3 Å². The molecule has 0 fully saturated rings. The van der Waals surface area contributed by atoms with Gasteiger partial charge in [0.15, 0.2) is 5.78 Å². The van der Waals surface area contributed by atoms with Gasteiger partial charge in [-0.25, -0.2) is 0 Å². The predicted octanol–water partition coefficient (Wildman–Crippen LogP) is 5.14. The highest BCUT2D eigenvalue weighted by Gasteiger charge is 2.25. The lowest BCUT2D eigenvalue weighted by molar-refractivity contribution is -0.139. The van der Waals surface area contributed by atoms with Crippen molar-refractivity contribution in [2.45, 2.75) is 39.5 Å². The molecule has 0 N–H and O–H groups in total. The van der Waals surface area contributed by atoms with Crippen LogP contribution in [0.3, 0.4) is 0 Å². The van der Waals surface area contributed by atoms with Gasteiger partial charge in [-0.05, 0) is 56.7 Å². The van der Waals surface area contributed by atoms with E-state index in [0.717, 1.165) is 28.3 Å². The fourth-order valence-electron chi connectivity index (χ4n) is 2.84. The molecule has 29 heavy (non-hydrogen) atoms. The van der Waals surface area contributed by atoms with Crippen LogP contribution in [0.15, 0.2) is 54.6 Å². The number of hydrogen-bond donors (Lipinski definition) is 0. The molecular formula is C23H25ClN2O3. The monoisotopic (exact) mass is 412 g/mol. The van der Waals surface area contributed by atoms with Crippen molar-refractivity contribution in [2.75, 3.05) is 7.11 Å². The van der Waals surface area contributed by atoms with Gasteiger partial charge in [0.25, 0.3) is 0 Å². The molecule has 6 heteroatoms. The van der Waals surface area contributed by atoms with Gasteiger partial charge in [-0.1, -0.05) is 35.9 Å². The summed E-state index contributed by atoms with van der Waals surface area (Å²) in [5, 5.41) is 5.41. The largest absolute Gasteiger partial charge is 0.497 e. The summed E-state index contributed by atoms with van der Waals surface area (Å²) in [5.74, 6) is 0.748. The van der Waals surface area contributed by atoms with Gasteiger partial charge in [-0.2, -0.15) is 5.10 Å². The Morgan fingerprint density at radius 1 is 1.14 bits per heavy atom. The van der Waals surface area contributed by atoms with E-state index >= 15 is 0 Å². The Hall–Kier alpha value is -2.63. The second-order valence-electron chi connectivity index (χ2n) is 7.40. The van der Waals surface area contributed by atoms with E-state index in [4.69, 9.17) is 26.2 Å². The Bertz CT molecular complexity index is 1010. The van der Waals surface area contributed by atoms with Crippen molar-refractivity contribution in [1.29, 1.82) is 0 Å². The molecule has 0 saturated carbocycles. The zero-order valence-electron chi connectivity index (χ0n) is 17.1. The van der Waals surface area contributed by atoms with Crippen LogP contribution in [0, 0.1) is 0 Å². The summed E-state index contributed by atoms with van der Waals surface area (Å²) in [6.07, 6.45) is 0. The molecule has 0 aliphatic carbocycles. The molecule has 0 aliphatic rings. The summed E-state index contributed by atoms with van der Waals surface area (Å²) in [5.41, 5.74) is 2.85. The molecule has 0 unspecified atom stereocenters. The maximum atomic E-state index is 11.7. The predicted molar refractivity (Wildman–Crippen MR) is 114 cm³/mol. The molecule has 0 atom stereocenters. The number of carbonyl (C=O) groups excluding carboxylic acids is 1. The first-order valence-corrected chi connectivity index (χ1v) is 9.77. The van der Waals surface area contributed by atoms with E-state index < -0.39 is 5.60 Å². The quantitative estimate of drug-likeness (QED) is 0.513. The maximum Gasteiger partial charge on any atom is 0.161 e.